The lowest BCUT2D eigenvalue weighted by Gasteiger charge is -2.27. The average Bonchev–Trinajstić information content (AvgIpc) is 3.31. The molecule has 7 heteroatoms. The Bertz CT molecular complexity index is 918. The molecule has 154 valence electrons. The third-order valence-electron chi connectivity index (χ3n) is 5.83. The third kappa shape index (κ3) is 4.05. The van der Waals surface area contributed by atoms with Gasteiger partial charge in [0.05, 0.1) is 12.9 Å². The number of nitrogens with one attached hydrogen (secondary N) is 2. The van der Waals surface area contributed by atoms with Gasteiger partial charge in [-0.25, -0.2) is 4.68 Å². The summed E-state index contributed by atoms with van der Waals surface area (Å²) in [7, 11) is 0. The zero-order chi connectivity index (χ0) is 20.4. The maximum Gasteiger partial charge on any atom is 0.256 e. The Labute approximate surface area is 172 Å². The van der Waals surface area contributed by atoms with Crippen molar-refractivity contribution in [1.82, 2.24) is 25.0 Å². The lowest BCUT2D eigenvalue weighted by molar-refractivity contribution is 0.0939. The number of hydrogen-bond acceptors (Lipinski definition) is 5. The van der Waals surface area contributed by atoms with Crippen molar-refractivity contribution in [2.75, 3.05) is 18.5 Å². The molecule has 2 N–H and O–H groups in total. The smallest absolute Gasteiger partial charge is 0.256 e. The van der Waals surface area contributed by atoms with E-state index in [0.29, 0.717) is 18.3 Å². The zero-order valence-electron chi connectivity index (χ0n) is 17.5. The van der Waals surface area contributed by atoms with Crippen molar-refractivity contribution >= 4 is 17.9 Å². The molecule has 1 amide bonds. The second-order valence-electron chi connectivity index (χ2n) is 8.10. The van der Waals surface area contributed by atoms with Crippen LogP contribution in [0.5, 0.6) is 0 Å². The van der Waals surface area contributed by atoms with Crippen LogP contribution in [0.25, 0.3) is 6.20 Å². The number of allylic oxidation sites excluding steroid dienone is 1. The van der Waals surface area contributed by atoms with Crippen LogP contribution in [0.4, 0.5) is 5.82 Å². The van der Waals surface area contributed by atoms with Gasteiger partial charge in [-0.05, 0) is 57.6 Å². The first-order valence-electron chi connectivity index (χ1n) is 10.5. The Balaban J connectivity index is 1.72. The number of hydrogen-bond donors (Lipinski definition) is 2. The Morgan fingerprint density at radius 2 is 2.14 bits per heavy atom. The molecule has 0 bridgehead atoms. The molecule has 0 radical (unpaired) electrons. The largest absolute Gasteiger partial charge is 0.357 e. The van der Waals surface area contributed by atoms with Gasteiger partial charge in [0.1, 0.15) is 11.4 Å². The Morgan fingerprint density at radius 3 is 2.97 bits per heavy atom. The molecule has 4 heterocycles. The number of aryl methyl sites for hydroxylation is 2. The molecule has 2 unspecified atom stereocenters. The molecule has 2 aromatic rings. The minimum absolute atomic E-state index is 0.0526. The van der Waals surface area contributed by atoms with Crippen LogP contribution in [0.2, 0.25) is 0 Å². The van der Waals surface area contributed by atoms with Gasteiger partial charge in [0.2, 0.25) is 0 Å². The number of anilines is 1. The molecular formula is C22H30N6O. The first-order valence-corrected chi connectivity index (χ1v) is 10.5. The number of nitrogens with zero attached hydrogens (tertiary/aromatic N) is 4. The molecule has 2 aromatic heterocycles. The number of aromatic nitrogens is 3. The molecule has 7 nitrogen and oxygen atoms in total. The fourth-order valence-electron chi connectivity index (χ4n) is 4.35. The van der Waals surface area contributed by atoms with Crippen LogP contribution in [0, 0.1) is 6.92 Å². The summed E-state index contributed by atoms with van der Waals surface area (Å²) < 4.78 is 1.74. The fourth-order valence-corrected chi connectivity index (χ4v) is 4.35. The molecule has 2 aliphatic heterocycles. The highest BCUT2D eigenvalue weighted by molar-refractivity contribution is 5.99. The predicted octanol–water partition coefficient (Wildman–Crippen LogP) is 3.35. The molecule has 0 aliphatic carbocycles. The third-order valence-corrected chi connectivity index (χ3v) is 5.83. The van der Waals surface area contributed by atoms with E-state index in [2.05, 4.69) is 40.5 Å². The standard InChI is InChI=1S/C22H30N6O/c1-4-9-28-21-18(13-25-28)22(29)26-16(3)7-8-19-17(11-15(2)12-23-19)20-6-5-10-27(20)14-24-21/h4,9,11-13,16,20,24H,5-8,10,14H2,1-3H3,(H,26,29)/b9-4-. The highest BCUT2D eigenvalue weighted by Crippen LogP contribution is 2.34. The van der Waals surface area contributed by atoms with Crippen LogP contribution in [-0.2, 0) is 6.42 Å². The molecule has 0 aromatic carbocycles. The van der Waals surface area contributed by atoms with E-state index in [4.69, 9.17) is 4.98 Å². The molecule has 0 saturated carbocycles. The van der Waals surface area contributed by atoms with Gasteiger partial charge in [-0.15, -0.1) is 0 Å². The highest BCUT2D eigenvalue weighted by Gasteiger charge is 2.29. The first-order chi connectivity index (χ1) is 14.1. The van der Waals surface area contributed by atoms with E-state index >= 15 is 0 Å². The van der Waals surface area contributed by atoms with Crippen molar-refractivity contribution < 1.29 is 4.79 Å². The van der Waals surface area contributed by atoms with Gasteiger partial charge >= 0.3 is 0 Å². The van der Waals surface area contributed by atoms with Crippen molar-refractivity contribution in [3.63, 3.8) is 0 Å². The summed E-state index contributed by atoms with van der Waals surface area (Å²) in [5.74, 6) is 0.644. The Morgan fingerprint density at radius 1 is 1.28 bits per heavy atom. The fraction of sp³-hybridized carbons (Fsp3) is 0.500. The Kier molecular flexibility index (Phi) is 5.67. The number of pyridine rings is 1. The first kappa shape index (κ1) is 19.6. The van der Waals surface area contributed by atoms with Crippen molar-refractivity contribution in [2.24, 2.45) is 0 Å². The topological polar surface area (TPSA) is 75.1 Å². The van der Waals surface area contributed by atoms with Gasteiger partial charge in [0.25, 0.3) is 5.91 Å². The number of fused-ring (bicyclic) bond motifs is 4. The number of carbonyl (C=O) groups is 1. The summed E-state index contributed by atoms with van der Waals surface area (Å²) in [4.78, 5) is 20.1. The van der Waals surface area contributed by atoms with Crippen LogP contribution in [-0.4, -0.2) is 44.8 Å². The van der Waals surface area contributed by atoms with Crippen molar-refractivity contribution in [2.45, 2.75) is 58.5 Å². The van der Waals surface area contributed by atoms with Gasteiger partial charge in [-0.2, -0.15) is 5.10 Å². The summed E-state index contributed by atoms with van der Waals surface area (Å²) in [5.41, 5.74) is 4.27. The normalized spacial score (nSPS) is 23.2. The molecule has 1 saturated heterocycles. The molecule has 4 rings (SSSR count). The predicted molar refractivity (Wildman–Crippen MR) is 115 cm³/mol. The number of carbonyl (C=O) groups excluding carboxylic acids is 1. The average molecular weight is 395 g/mol. The zero-order valence-corrected chi connectivity index (χ0v) is 17.5. The van der Waals surface area contributed by atoms with Crippen molar-refractivity contribution in [3.8, 4) is 0 Å². The summed E-state index contributed by atoms with van der Waals surface area (Å²) in [5, 5.41) is 11.0. The summed E-state index contributed by atoms with van der Waals surface area (Å²) in [6, 6.07) is 2.70. The van der Waals surface area contributed by atoms with Crippen molar-refractivity contribution in [1.29, 1.82) is 0 Å². The lowest BCUT2D eigenvalue weighted by atomic mass is 9.97. The van der Waals surface area contributed by atoms with Crippen LogP contribution in [0.3, 0.4) is 0 Å². The van der Waals surface area contributed by atoms with E-state index in [1.165, 1.54) is 11.1 Å². The van der Waals surface area contributed by atoms with E-state index in [1.807, 2.05) is 25.4 Å². The van der Waals surface area contributed by atoms with Gasteiger partial charge < -0.3 is 10.6 Å². The maximum absolute atomic E-state index is 12.9. The van der Waals surface area contributed by atoms with Crippen molar-refractivity contribution in [3.05, 3.63) is 46.9 Å². The summed E-state index contributed by atoms with van der Waals surface area (Å²) >= 11 is 0. The molecule has 29 heavy (non-hydrogen) atoms. The SMILES string of the molecule is C/C=C\n1ncc2c1NCN1CCCC1c1cc(C)cnc1CCC(C)NC2=O. The van der Waals surface area contributed by atoms with Gasteiger partial charge in [-0.3, -0.25) is 14.7 Å². The van der Waals surface area contributed by atoms with Crippen LogP contribution in [0.1, 0.15) is 66.3 Å². The minimum Gasteiger partial charge on any atom is -0.357 e. The van der Waals surface area contributed by atoms with E-state index < -0.39 is 0 Å². The lowest BCUT2D eigenvalue weighted by Crippen LogP contribution is -2.33. The molecule has 2 aliphatic rings. The van der Waals surface area contributed by atoms with Crippen LogP contribution >= 0.6 is 0 Å². The monoisotopic (exact) mass is 394 g/mol. The van der Waals surface area contributed by atoms with Crippen LogP contribution < -0.4 is 10.6 Å². The van der Waals surface area contributed by atoms with Gasteiger partial charge in [-0.1, -0.05) is 12.1 Å². The molecular weight excluding hydrogens is 364 g/mol. The van der Waals surface area contributed by atoms with E-state index in [-0.39, 0.29) is 11.9 Å². The quantitative estimate of drug-likeness (QED) is 0.776. The van der Waals surface area contributed by atoms with Crippen LogP contribution in [0.15, 0.2) is 24.5 Å². The second kappa shape index (κ2) is 8.37. The number of amides is 1. The van der Waals surface area contributed by atoms with Gasteiger partial charge in [0.15, 0.2) is 0 Å². The molecule has 0 spiro atoms. The van der Waals surface area contributed by atoms with E-state index in [1.54, 1.807) is 10.9 Å². The van der Waals surface area contributed by atoms with E-state index in [0.717, 1.165) is 43.7 Å². The summed E-state index contributed by atoms with van der Waals surface area (Å²) in [6.07, 6.45) is 11.4. The summed E-state index contributed by atoms with van der Waals surface area (Å²) in [6.45, 7) is 7.80. The molecule has 2 atom stereocenters. The molecule has 1 fully saturated rings. The Hall–Kier alpha value is -2.67. The maximum atomic E-state index is 12.9. The highest BCUT2D eigenvalue weighted by atomic mass is 16.1. The van der Waals surface area contributed by atoms with E-state index in [9.17, 15) is 4.79 Å². The minimum atomic E-state index is -0.0925. The van der Waals surface area contributed by atoms with Gasteiger partial charge in [0, 0.05) is 36.7 Å². The second-order valence-corrected chi connectivity index (χ2v) is 8.10. The number of rotatable bonds is 1.